The van der Waals surface area contributed by atoms with Gasteiger partial charge in [-0.15, -0.1) is 0 Å². The molecule has 34 heavy (non-hydrogen) atoms. The highest BCUT2D eigenvalue weighted by atomic mass is 16.5. The van der Waals surface area contributed by atoms with Crippen molar-refractivity contribution >= 4 is 23.3 Å². The maximum Gasteiger partial charge on any atom is 0.339 e. The van der Waals surface area contributed by atoms with Crippen LogP contribution in [0.25, 0.3) is 0 Å². The molecule has 0 saturated heterocycles. The van der Waals surface area contributed by atoms with Crippen LogP contribution in [-0.4, -0.2) is 19.0 Å². The fourth-order valence-electron chi connectivity index (χ4n) is 6.69. The largest absolute Gasteiger partial charge is 0.465 e. The number of hydrogen-bond acceptors (Lipinski definition) is 4. The van der Waals surface area contributed by atoms with E-state index >= 15 is 0 Å². The molecule has 1 amide bonds. The van der Waals surface area contributed by atoms with Crippen molar-refractivity contribution in [3.63, 3.8) is 0 Å². The number of ether oxygens (including phenoxy) is 1. The van der Waals surface area contributed by atoms with Gasteiger partial charge in [0.25, 0.3) is 5.91 Å². The predicted molar refractivity (Wildman–Crippen MR) is 132 cm³/mol. The van der Waals surface area contributed by atoms with Crippen molar-refractivity contribution in [2.45, 2.75) is 31.2 Å². The molecule has 0 radical (unpaired) electrons. The number of hydrogen-bond donors (Lipinski definition) is 2. The summed E-state index contributed by atoms with van der Waals surface area (Å²) in [5.41, 5.74) is 5.15. The molecule has 2 aliphatic carbocycles. The fourth-order valence-corrected chi connectivity index (χ4v) is 6.69. The Hall–Kier alpha value is -3.60. The Balaban J connectivity index is 1.33. The van der Waals surface area contributed by atoms with E-state index in [9.17, 15) is 9.59 Å². The number of esters is 1. The standard InChI is InChI=1S/C29H28N2O3/c1-34-29(33)21-9-5-6-10-23(21)31-28(32)20-13-14-24-22(16-20)25-18-11-12-19(15-18)26(25)27(30-24)17-7-3-2-4-8-17/h2-10,13-14,16,18-19,25-27,30H,11-12,15H2,1H3,(H,31,32)/t18-,19-,25-,26+,27-/m0/s1. The lowest BCUT2D eigenvalue weighted by Gasteiger charge is -2.43. The molecule has 3 aliphatic rings. The highest BCUT2D eigenvalue weighted by Crippen LogP contribution is 2.63. The summed E-state index contributed by atoms with van der Waals surface area (Å²) in [7, 11) is 1.34. The first-order valence-electron chi connectivity index (χ1n) is 12.1. The van der Waals surface area contributed by atoms with Gasteiger partial charge in [-0.1, -0.05) is 42.5 Å². The van der Waals surface area contributed by atoms with Crippen molar-refractivity contribution in [1.29, 1.82) is 0 Å². The molecule has 0 spiro atoms. The zero-order valence-corrected chi connectivity index (χ0v) is 19.2. The van der Waals surface area contributed by atoms with E-state index in [0.717, 1.165) is 11.6 Å². The van der Waals surface area contributed by atoms with Crippen molar-refractivity contribution in [2.75, 3.05) is 17.7 Å². The van der Waals surface area contributed by atoms with Gasteiger partial charge in [0.1, 0.15) is 0 Å². The SMILES string of the molecule is COC(=O)c1ccccc1NC(=O)c1ccc2c(c1)[C@@H]1[C@H]3CC[C@@H](C3)[C@H]1[C@H](c1ccccc1)N2. The van der Waals surface area contributed by atoms with E-state index in [1.807, 2.05) is 6.07 Å². The Morgan fingerprint density at radius 2 is 1.71 bits per heavy atom. The van der Waals surface area contributed by atoms with E-state index in [0.29, 0.717) is 40.6 Å². The second-order valence-corrected chi connectivity index (χ2v) is 9.76. The molecule has 1 aliphatic heterocycles. The molecule has 6 rings (SSSR count). The first-order valence-corrected chi connectivity index (χ1v) is 12.1. The second kappa shape index (κ2) is 8.32. The molecule has 172 valence electrons. The molecular formula is C29H28N2O3. The van der Waals surface area contributed by atoms with E-state index < -0.39 is 5.97 Å². The van der Waals surface area contributed by atoms with Gasteiger partial charge in [-0.05, 0) is 84.4 Å². The minimum Gasteiger partial charge on any atom is -0.465 e. The molecule has 2 bridgehead atoms. The average molecular weight is 453 g/mol. The van der Waals surface area contributed by atoms with Crippen LogP contribution in [0.1, 0.15) is 63.1 Å². The first-order chi connectivity index (χ1) is 16.6. The molecule has 0 aromatic heterocycles. The van der Waals surface area contributed by atoms with Crippen LogP contribution in [0.3, 0.4) is 0 Å². The summed E-state index contributed by atoms with van der Waals surface area (Å²) >= 11 is 0. The number of methoxy groups -OCH3 is 1. The van der Waals surface area contributed by atoms with Crippen LogP contribution in [0.4, 0.5) is 11.4 Å². The molecule has 3 aromatic rings. The highest BCUT2D eigenvalue weighted by molar-refractivity contribution is 6.08. The van der Waals surface area contributed by atoms with Crippen molar-refractivity contribution in [1.82, 2.24) is 0 Å². The van der Waals surface area contributed by atoms with E-state index in [-0.39, 0.29) is 5.91 Å². The third-order valence-electron chi connectivity index (χ3n) is 8.09. The number of benzene rings is 3. The fraction of sp³-hybridized carbons (Fsp3) is 0.310. The molecule has 2 fully saturated rings. The number of rotatable bonds is 4. The van der Waals surface area contributed by atoms with E-state index in [1.54, 1.807) is 24.3 Å². The smallest absolute Gasteiger partial charge is 0.339 e. The van der Waals surface area contributed by atoms with Gasteiger partial charge in [0.2, 0.25) is 0 Å². The lowest BCUT2D eigenvalue weighted by molar-refractivity contribution is 0.0602. The molecule has 5 heteroatoms. The Kier molecular flexibility index (Phi) is 5.13. The summed E-state index contributed by atoms with van der Waals surface area (Å²) in [6.45, 7) is 0. The van der Waals surface area contributed by atoms with Gasteiger partial charge in [-0.25, -0.2) is 4.79 Å². The summed E-state index contributed by atoms with van der Waals surface area (Å²) in [5, 5.41) is 6.74. The lowest BCUT2D eigenvalue weighted by atomic mass is 9.68. The zero-order chi connectivity index (χ0) is 23.2. The Bertz CT molecular complexity index is 1260. The summed E-state index contributed by atoms with van der Waals surface area (Å²) in [6, 6.07) is 24.0. The second-order valence-electron chi connectivity index (χ2n) is 9.76. The minimum absolute atomic E-state index is 0.218. The zero-order valence-electron chi connectivity index (χ0n) is 19.2. The van der Waals surface area contributed by atoms with Gasteiger partial charge < -0.3 is 15.4 Å². The van der Waals surface area contributed by atoms with Crippen LogP contribution in [0.2, 0.25) is 0 Å². The van der Waals surface area contributed by atoms with Crippen molar-refractivity contribution < 1.29 is 14.3 Å². The monoisotopic (exact) mass is 452 g/mol. The maximum atomic E-state index is 13.2. The quantitative estimate of drug-likeness (QED) is 0.475. The maximum absolute atomic E-state index is 13.2. The highest BCUT2D eigenvalue weighted by Gasteiger charge is 2.53. The average Bonchev–Trinajstić information content (AvgIpc) is 3.51. The molecule has 5 atom stereocenters. The molecule has 0 unspecified atom stereocenters. The number of amides is 1. The molecular weight excluding hydrogens is 424 g/mol. The van der Waals surface area contributed by atoms with Crippen LogP contribution in [0.15, 0.2) is 72.8 Å². The van der Waals surface area contributed by atoms with Crippen LogP contribution in [0, 0.1) is 17.8 Å². The summed E-state index contributed by atoms with van der Waals surface area (Å²) in [6.07, 6.45) is 3.86. The van der Waals surface area contributed by atoms with Gasteiger partial charge in [0, 0.05) is 11.3 Å². The van der Waals surface area contributed by atoms with Crippen LogP contribution < -0.4 is 10.6 Å². The predicted octanol–water partition coefficient (Wildman–Crippen LogP) is 6.02. The van der Waals surface area contributed by atoms with E-state index in [1.165, 1.54) is 37.5 Å². The summed E-state index contributed by atoms with van der Waals surface area (Å²) in [4.78, 5) is 25.3. The Morgan fingerprint density at radius 1 is 0.941 bits per heavy atom. The third kappa shape index (κ3) is 3.38. The molecule has 2 N–H and O–H groups in total. The van der Waals surface area contributed by atoms with Crippen LogP contribution >= 0.6 is 0 Å². The Labute approximate surface area is 199 Å². The van der Waals surface area contributed by atoms with E-state index in [2.05, 4.69) is 53.1 Å². The molecule has 2 saturated carbocycles. The van der Waals surface area contributed by atoms with Crippen molar-refractivity contribution in [3.8, 4) is 0 Å². The number of para-hydroxylation sites is 1. The summed E-state index contributed by atoms with van der Waals surface area (Å²) < 4.78 is 4.86. The number of carbonyl (C=O) groups excluding carboxylic acids is 2. The first kappa shape index (κ1) is 21.0. The van der Waals surface area contributed by atoms with Crippen molar-refractivity contribution in [2.24, 2.45) is 17.8 Å². The van der Waals surface area contributed by atoms with Crippen LogP contribution in [-0.2, 0) is 4.74 Å². The Morgan fingerprint density at radius 3 is 2.53 bits per heavy atom. The summed E-state index contributed by atoms with van der Waals surface area (Å²) in [5.74, 6) is 1.74. The molecule has 5 nitrogen and oxygen atoms in total. The number of nitrogens with one attached hydrogen (secondary N) is 2. The van der Waals surface area contributed by atoms with Gasteiger partial charge in [0.15, 0.2) is 0 Å². The third-order valence-corrected chi connectivity index (χ3v) is 8.09. The lowest BCUT2D eigenvalue weighted by Crippen LogP contribution is -2.35. The molecule has 1 heterocycles. The molecule has 3 aromatic carbocycles. The van der Waals surface area contributed by atoms with Gasteiger partial charge in [-0.2, -0.15) is 0 Å². The van der Waals surface area contributed by atoms with Gasteiger partial charge in [-0.3, -0.25) is 4.79 Å². The van der Waals surface area contributed by atoms with E-state index in [4.69, 9.17) is 4.74 Å². The normalized spacial score (nSPS) is 26.2. The van der Waals surface area contributed by atoms with Gasteiger partial charge >= 0.3 is 5.97 Å². The number of carbonyl (C=O) groups is 2. The number of fused-ring (bicyclic) bond motifs is 7. The number of anilines is 2. The van der Waals surface area contributed by atoms with Crippen LogP contribution in [0.5, 0.6) is 0 Å². The topological polar surface area (TPSA) is 67.4 Å². The van der Waals surface area contributed by atoms with Gasteiger partial charge in [0.05, 0.1) is 24.4 Å². The van der Waals surface area contributed by atoms with Crippen molar-refractivity contribution in [3.05, 3.63) is 95.1 Å². The minimum atomic E-state index is -0.470.